The van der Waals surface area contributed by atoms with Gasteiger partial charge in [-0.2, -0.15) is 0 Å². The van der Waals surface area contributed by atoms with Crippen LogP contribution in [-0.4, -0.2) is 25.8 Å². The molecule has 0 aliphatic carbocycles. The van der Waals surface area contributed by atoms with E-state index < -0.39 is 0 Å². The third-order valence-corrected chi connectivity index (χ3v) is 2.02. The molecule has 0 radical (unpaired) electrons. The Balaban J connectivity index is 1.80. The van der Waals surface area contributed by atoms with Crippen LogP contribution in [0.2, 0.25) is 0 Å². The Morgan fingerprint density at radius 1 is 1.45 bits per heavy atom. The lowest BCUT2D eigenvalue weighted by molar-refractivity contribution is 0.0161. The summed E-state index contributed by atoms with van der Waals surface area (Å²) in [6.45, 7) is 7.57. The predicted molar refractivity (Wildman–Crippen MR) is 46.7 cm³/mol. The molecule has 0 unspecified atom stereocenters. The Hall–Kier alpha value is -0.0800. The van der Waals surface area contributed by atoms with Crippen LogP contribution < -0.4 is 5.32 Å². The highest BCUT2D eigenvalue weighted by molar-refractivity contribution is 4.74. The molecule has 1 fully saturated rings. The normalized spacial score (nSPS) is 18.8. The smallest absolute Gasteiger partial charge is 0.0823 e. The fourth-order valence-electron chi connectivity index (χ4n) is 1.12. The second-order valence-corrected chi connectivity index (χ2v) is 3.69. The zero-order valence-electron chi connectivity index (χ0n) is 7.60. The third-order valence-electron chi connectivity index (χ3n) is 2.02. The van der Waals surface area contributed by atoms with Gasteiger partial charge in [-0.15, -0.1) is 0 Å². The molecule has 11 heavy (non-hydrogen) atoms. The minimum Gasteiger partial charge on any atom is -0.376 e. The van der Waals surface area contributed by atoms with Crippen molar-refractivity contribution in [2.45, 2.75) is 32.8 Å². The van der Waals surface area contributed by atoms with Crippen molar-refractivity contribution in [3.05, 3.63) is 0 Å². The summed E-state index contributed by atoms with van der Waals surface area (Å²) in [6, 6.07) is 0. The Labute approximate surface area is 69.3 Å². The summed E-state index contributed by atoms with van der Waals surface area (Å²) < 4.78 is 5.57. The molecule has 66 valence electrons. The van der Waals surface area contributed by atoms with E-state index in [2.05, 4.69) is 19.2 Å². The monoisotopic (exact) mass is 157 g/mol. The van der Waals surface area contributed by atoms with Gasteiger partial charge in [0, 0.05) is 19.7 Å². The number of rotatable bonds is 5. The van der Waals surface area contributed by atoms with Gasteiger partial charge in [0.05, 0.1) is 6.10 Å². The average molecular weight is 157 g/mol. The topological polar surface area (TPSA) is 21.3 Å². The summed E-state index contributed by atoms with van der Waals surface area (Å²) in [6.07, 6.45) is 3.02. The first-order valence-electron chi connectivity index (χ1n) is 4.61. The highest BCUT2D eigenvalue weighted by Gasteiger charge is 2.15. The van der Waals surface area contributed by atoms with E-state index in [4.69, 9.17) is 4.74 Å². The number of hydrogen-bond acceptors (Lipinski definition) is 2. The summed E-state index contributed by atoms with van der Waals surface area (Å²) in [4.78, 5) is 0. The highest BCUT2D eigenvalue weighted by Crippen LogP contribution is 2.05. The first kappa shape index (κ1) is 9.01. The van der Waals surface area contributed by atoms with Crippen molar-refractivity contribution >= 4 is 0 Å². The van der Waals surface area contributed by atoms with Crippen molar-refractivity contribution in [3.63, 3.8) is 0 Å². The molecule has 0 atom stereocenters. The SMILES string of the molecule is CC(C)CCCOC1CNC1. The molecule has 2 nitrogen and oxygen atoms in total. The Kier molecular flexibility index (Phi) is 3.87. The second-order valence-electron chi connectivity index (χ2n) is 3.69. The van der Waals surface area contributed by atoms with Gasteiger partial charge in [-0.1, -0.05) is 13.8 Å². The molecule has 0 amide bonds. The third kappa shape index (κ3) is 3.73. The first-order chi connectivity index (χ1) is 5.29. The molecule has 1 rings (SSSR count). The van der Waals surface area contributed by atoms with E-state index in [9.17, 15) is 0 Å². The van der Waals surface area contributed by atoms with E-state index in [-0.39, 0.29) is 0 Å². The first-order valence-corrected chi connectivity index (χ1v) is 4.61. The lowest BCUT2D eigenvalue weighted by Crippen LogP contribution is -2.48. The molecule has 0 saturated carbocycles. The molecule has 1 aliphatic rings. The molecule has 0 aromatic carbocycles. The van der Waals surface area contributed by atoms with E-state index in [1.165, 1.54) is 12.8 Å². The van der Waals surface area contributed by atoms with E-state index in [0.717, 1.165) is 25.6 Å². The van der Waals surface area contributed by atoms with E-state index in [0.29, 0.717) is 6.10 Å². The van der Waals surface area contributed by atoms with Gasteiger partial charge in [0.1, 0.15) is 0 Å². The molecule has 0 spiro atoms. The van der Waals surface area contributed by atoms with Crippen molar-refractivity contribution in [1.29, 1.82) is 0 Å². The molecule has 0 aromatic heterocycles. The quantitative estimate of drug-likeness (QED) is 0.609. The van der Waals surface area contributed by atoms with Gasteiger partial charge in [0.2, 0.25) is 0 Å². The van der Waals surface area contributed by atoms with Crippen molar-refractivity contribution in [1.82, 2.24) is 5.32 Å². The van der Waals surface area contributed by atoms with Crippen LogP contribution in [0.25, 0.3) is 0 Å². The van der Waals surface area contributed by atoms with E-state index in [1.807, 2.05) is 0 Å². The molecule has 2 heteroatoms. The van der Waals surface area contributed by atoms with Gasteiger partial charge in [-0.05, 0) is 18.8 Å². The van der Waals surface area contributed by atoms with Gasteiger partial charge in [-0.3, -0.25) is 0 Å². The van der Waals surface area contributed by atoms with Gasteiger partial charge in [-0.25, -0.2) is 0 Å². The maximum atomic E-state index is 5.57. The van der Waals surface area contributed by atoms with Gasteiger partial charge < -0.3 is 10.1 Å². The maximum Gasteiger partial charge on any atom is 0.0823 e. The number of ether oxygens (including phenoxy) is 1. The molecule has 1 aliphatic heterocycles. The lowest BCUT2D eigenvalue weighted by atomic mass is 10.1. The Bertz CT molecular complexity index is 99.7. The van der Waals surface area contributed by atoms with Gasteiger partial charge >= 0.3 is 0 Å². The second kappa shape index (κ2) is 4.73. The zero-order valence-corrected chi connectivity index (χ0v) is 7.60. The van der Waals surface area contributed by atoms with Crippen LogP contribution in [0.3, 0.4) is 0 Å². The largest absolute Gasteiger partial charge is 0.376 e. The summed E-state index contributed by atoms with van der Waals surface area (Å²) in [7, 11) is 0. The summed E-state index contributed by atoms with van der Waals surface area (Å²) >= 11 is 0. The Morgan fingerprint density at radius 3 is 2.64 bits per heavy atom. The minimum atomic E-state index is 0.516. The fraction of sp³-hybridized carbons (Fsp3) is 1.00. The van der Waals surface area contributed by atoms with Crippen LogP contribution in [0.4, 0.5) is 0 Å². The van der Waals surface area contributed by atoms with Gasteiger partial charge in [0.15, 0.2) is 0 Å². The molecular formula is C9H19NO. The van der Waals surface area contributed by atoms with E-state index >= 15 is 0 Å². The molecule has 1 heterocycles. The summed E-state index contributed by atoms with van der Waals surface area (Å²) in [5, 5.41) is 3.19. The van der Waals surface area contributed by atoms with Crippen molar-refractivity contribution in [2.75, 3.05) is 19.7 Å². The Morgan fingerprint density at radius 2 is 2.18 bits per heavy atom. The highest BCUT2D eigenvalue weighted by atomic mass is 16.5. The molecule has 0 bridgehead atoms. The summed E-state index contributed by atoms with van der Waals surface area (Å²) in [5.41, 5.74) is 0. The zero-order chi connectivity index (χ0) is 8.10. The molecule has 0 aromatic rings. The molecular weight excluding hydrogens is 138 g/mol. The fourth-order valence-corrected chi connectivity index (χ4v) is 1.12. The lowest BCUT2D eigenvalue weighted by Gasteiger charge is -2.27. The number of nitrogens with one attached hydrogen (secondary N) is 1. The van der Waals surface area contributed by atoms with Crippen LogP contribution in [0, 0.1) is 5.92 Å². The maximum absolute atomic E-state index is 5.57. The van der Waals surface area contributed by atoms with Crippen LogP contribution in [0.1, 0.15) is 26.7 Å². The average Bonchev–Trinajstić information content (AvgIpc) is 1.82. The van der Waals surface area contributed by atoms with Crippen LogP contribution >= 0.6 is 0 Å². The van der Waals surface area contributed by atoms with Gasteiger partial charge in [0.25, 0.3) is 0 Å². The minimum absolute atomic E-state index is 0.516. The standard InChI is InChI=1S/C9H19NO/c1-8(2)4-3-5-11-9-6-10-7-9/h8-10H,3-7H2,1-2H3. The summed E-state index contributed by atoms with van der Waals surface area (Å²) in [5.74, 6) is 0.818. The van der Waals surface area contributed by atoms with Crippen LogP contribution in [0.15, 0.2) is 0 Å². The molecule has 1 saturated heterocycles. The molecule has 1 N–H and O–H groups in total. The van der Waals surface area contributed by atoms with Crippen molar-refractivity contribution in [2.24, 2.45) is 5.92 Å². The van der Waals surface area contributed by atoms with E-state index in [1.54, 1.807) is 0 Å². The van der Waals surface area contributed by atoms with Crippen molar-refractivity contribution in [3.8, 4) is 0 Å². The number of hydrogen-bond donors (Lipinski definition) is 1. The predicted octanol–water partition coefficient (Wildman–Crippen LogP) is 1.41. The van der Waals surface area contributed by atoms with Crippen LogP contribution in [-0.2, 0) is 4.74 Å². The van der Waals surface area contributed by atoms with Crippen LogP contribution in [0.5, 0.6) is 0 Å². The van der Waals surface area contributed by atoms with Crippen molar-refractivity contribution < 1.29 is 4.74 Å².